The van der Waals surface area contributed by atoms with Crippen molar-refractivity contribution in [2.45, 2.75) is 38.6 Å². The first kappa shape index (κ1) is 16.2. The Morgan fingerprint density at radius 1 is 1.55 bits per heavy atom. The summed E-state index contributed by atoms with van der Waals surface area (Å²) in [6, 6.07) is 2.21. The number of H-pyrrole nitrogens is 1. The van der Waals surface area contributed by atoms with Crippen molar-refractivity contribution in [1.29, 1.82) is 5.26 Å². The highest BCUT2D eigenvalue weighted by atomic mass is 32.2. The fourth-order valence-corrected chi connectivity index (χ4v) is 2.67. The zero-order valence-electron chi connectivity index (χ0n) is 11.7. The van der Waals surface area contributed by atoms with Crippen LogP contribution in [0.1, 0.15) is 42.7 Å². The van der Waals surface area contributed by atoms with Gasteiger partial charge in [-0.25, -0.2) is 9.59 Å². The highest BCUT2D eigenvalue weighted by molar-refractivity contribution is 7.99. The summed E-state index contributed by atoms with van der Waals surface area (Å²) in [4.78, 5) is 28.6. The van der Waals surface area contributed by atoms with E-state index in [9.17, 15) is 9.59 Å². The molecule has 0 aliphatic rings. The van der Waals surface area contributed by atoms with E-state index in [0.29, 0.717) is 17.9 Å². The second kappa shape index (κ2) is 6.57. The second-order valence-electron chi connectivity index (χ2n) is 5.10. The highest BCUT2D eigenvalue weighted by Gasteiger charge is 2.18. The summed E-state index contributed by atoms with van der Waals surface area (Å²) in [5.41, 5.74) is -0.605. The second-order valence-corrected chi connectivity index (χ2v) is 6.18. The number of rotatable bonds is 6. The molecule has 0 unspecified atom stereocenters. The van der Waals surface area contributed by atoms with Gasteiger partial charge < -0.3 is 10.1 Å². The molecule has 1 aromatic heterocycles. The van der Waals surface area contributed by atoms with Gasteiger partial charge in [-0.15, -0.1) is 11.8 Å². The number of nitrogens with one attached hydrogen (secondary N) is 1. The van der Waals surface area contributed by atoms with Crippen molar-refractivity contribution in [2.24, 2.45) is 5.41 Å². The summed E-state index contributed by atoms with van der Waals surface area (Å²) in [5.74, 6) is -0.493. The molecule has 0 saturated carbocycles. The molecule has 0 bridgehead atoms. The van der Waals surface area contributed by atoms with Crippen LogP contribution in [-0.2, 0) is 0 Å². The molecule has 0 aliphatic heterocycles. The van der Waals surface area contributed by atoms with Crippen molar-refractivity contribution in [3.8, 4) is 6.07 Å². The fraction of sp³-hybridized carbons (Fsp3) is 0.538. The fourth-order valence-electron chi connectivity index (χ4n) is 1.65. The minimum atomic E-state index is -1.11. The summed E-state index contributed by atoms with van der Waals surface area (Å²) in [7, 11) is 0. The zero-order chi connectivity index (χ0) is 15.3. The predicted molar refractivity (Wildman–Crippen MR) is 75.9 cm³/mol. The number of nitriles is 1. The lowest BCUT2D eigenvalue weighted by atomic mass is 9.90. The molecule has 20 heavy (non-hydrogen) atoms. The van der Waals surface area contributed by atoms with Gasteiger partial charge in [-0.1, -0.05) is 0 Å². The summed E-state index contributed by atoms with van der Waals surface area (Å²) in [6.07, 6.45) is 1.46. The molecule has 0 radical (unpaired) electrons. The van der Waals surface area contributed by atoms with Crippen molar-refractivity contribution >= 4 is 17.7 Å². The number of hydrogen-bond donors (Lipinski definition) is 2. The molecule has 0 atom stereocenters. The Morgan fingerprint density at radius 2 is 2.20 bits per heavy atom. The quantitative estimate of drug-likeness (QED) is 0.473. The van der Waals surface area contributed by atoms with E-state index in [0.717, 1.165) is 6.42 Å². The van der Waals surface area contributed by atoms with Gasteiger partial charge in [0.15, 0.2) is 0 Å². The number of hydrogen-bond acceptors (Lipinski definition) is 5. The number of carbonyl (C=O) groups is 1. The first-order valence-corrected chi connectivity index (χ1v) is 7.13. The minimum absolute atomic E-state index is 0.0362. The number of aryl methyl sites for hydroxylation is 1. The predicted octanol–water partition coefficient (Wildman–Crippen LogP) is 2.20. The van der Waals surface area contributed by atoms with Crippen molar-refractivity contribution in [3.63, 3.8) is 0 Å². The molecule has 108 valence electrons. The average molecular weight is 295 g/mol. The SMILES string of the molecule is Cc1[nH]c(=O)nc(SCCCC(C)(C)C#N)c1C(=O)O. The Hall–Kier alpha value is -1.81. The molecule has 0 aliphatic carbocycles. The molecule has 0 fully saturated rings. The van der Waals surface area contributed by atoms with E-state index in [2.05, 4.69) is 16.0 Å². The summed E-state index contributed by atoms with van der Waals surface area (Å²) < 4.78 is 0. The van der Waals surface area contributed by atoms with Crippen LogP contribution >= 0.6 is 11.8 Å². The Kier molecular flexibility index (Phi) is 5.34. The van der Waals surface area contributed by atoms with Crippen molar-refractivity contribution in [1.82, 2.24) is 9.97 Å². The number of carboxylic acid groups (broad SMARTS) is 1. The monoisotopic (exact) mass is 295 g/mol. The number of aromatic nitrogens is 2. The molecule has 2 N–H and O–H groups in total. The average Bonchev–Trinajstić information content (AvgIpc) is 2.33. The van der Waals surface area contributed by atoms with Gasteiger partial charge in [-0.3, -0.25) is 0 Å². The maximum absolute atomic E-state index is 11.3. The van der Waals surface area contributed by atoms with E-state index < -0.39 is 17.1 Å². The standard InChI is InChI=1S/C13H17N3O3S/c1-8-9(11(17)18)10(16-12(19)15-8)20-6-4-5-13(2,3)7-14/h4-6H2,1-3H3,(H,17,18)(H,15,16,19). The summed E-state index contributed by atoms with van der Waals surface area (Å²) in [5, 5.41) is 18.3. The highest BCUT2D eigenvalue weighted by Crippen LogP contribution is 2.26. The van der Waals surface area contributed by atoms with Gasteiger partial charge in [0, 0.05) is 5.69 Å². The molecule has 0 spiro atoms. The third kappa shape index (κ3) is 4.38. The van der Waals surface area contributed by atoms with Crippen LogP contribution in [0.25, 0.3) is 0 Å². The smallest absolute Gasteiger partial charge is 0.346 e. The number of carboxylic acids is 1. The van der Waals surface area contributed by atoms with Crippen LogP contribution < -0.4 is 5.69 Å². The van der Waals surface area contributed by atoms with E-state index in [-0.39, 0.29) is 10.6 Å². The van der Waals surface area contributed by atoms with E-state index in [1.165, 1.54) is 18.7 Å². The Morgan fingerprint density at radius 3 is 2.75 bits per heavy atom. The van der Waals surface area contributed by atoms with Gasteiger partial charge >= 0.3 is 11.7 Å². The number of aromatic amines is 1. The van der Waals surface area contributed by atoms with Gasteiger partial charge in [0.25, 0.3) is 0 Å². The van der Waals surface area contributed by atoms with Crippen molar-refractivity contribution in [3.05, 3.63) is 21.7 Å². The molecule has 0 aromatic carbocycles. The van der Waals surface area contributed by atoms with Crippen LogP contribution in [0.5, 0.6) is 0 Å². The van der Waals surface area contributed by atoms with E-state index in [1.807, 2.05) is 13.8 Å². The van der Waals surface area contributed by atoms with Crippen molar-refractivity contribution in [2.75, 3.05) is 5.75 Å². The number of aromatic carboxylic acids is 1. The molecule has 0 amide bonds. The molecule has 6 nitrogen and oxygen atoms in total. The Bertz CT molecular complexity index is 602. The maximum atomic E-state index is 11.3. The van der Waals surface area contributed by atoms with Gasteiger partial charge in [-0.2, -0.15) is 10.2 Å². The van der Waals surface area contributed by atoms with Gasteiger partial charge in [0.05, 0.1) is 11.5 Å². The number of thioether (sulfide) groups is 1. The van der Waals surface area contributed by atoms with Crippen LogP contribution in [-0.4, -0.2) is 26.8 Å². The lowest BCUT2D eigenvalue weighted by Gasteiger charge is -2.14. The molecule has 1 rings (SSSR count). The van der Waals surface area contributed by atoms with Crippen LogP contribution in [0.3, 0.4) is 0 Å². The zero-order valence-corrected chi connectivity index (χ0v) is 12.5. The van der Waals surface area contributed by atoms with Crippen LogP contribution in [0.15, 0.2) is 9.82 Å². The third-order valence-corrected chi connectivity index (χ3v) is 3.85. The van der Waals surface area contributed by atoms with Gasteiger partial charge in [0.2, 0.25) is 0 Å². The van der Waals surface area contributed by atoms with Crippen LogP contribution in [0.2, 0.25) is 0 Å². The first-order chi connectivity index (χ1) is 9.26. The normalized spacial score (nSPS) is 11.1. The van der Waals surface area contributed by atoms with Crippen LogP contribution in [0.4, 0.5) is 0 Å². The Labute approximate surface area is 121 Å². The van der Waals surface area contributed by atoms with Gasteiger partial charge in [-0.05, 0) is 39.4 Å². The topological polar surface area (TPSA) is 107 Å². The van der Waals surface area contributed by atoms with Crippen LogP contribution in [0, 0.1) is 23.7 Å². The lowest BCUT2D eigenvalue weighted by molar-refractivity contribution is 0.0690. The molecule has 0 saturated heterocycles. The number of nitrogens with zero attached hydrogens (tertiary/aromatic N) is 2. The molecular weight excluding hydrogens is 278 g/mol. The van der Waals surface area contributed by atoms with Crippen molar-refractivity contribution < 1.29 is 9.90 Å². The summed E-state index contributed by atoms with van der Waals surface area (Å²) >= 11 is 1.23. The van der Waals surface area contributed by atoms with E-state index >= 15 is 0 Å². The van der Waals surface area contributed by atoms with Gasteiger partial charge in [0.1, 0.15) is 10.6 Å². The molecule has 1 heterocycles. The molecular formula is C13H17N3O3S. The first-order valence-electron chi connectivity index (χ1n) is 6.15. The van der Waals surface area contributed by atoms with E-state index in [4.69, 9.17) is 10.4 Å². The Balaban J connectivity index is 2.76. The third-order valence-electron chi connectivity index (χ3n) is 2.79. The maximum Gasteiger partial charge on any atom is 0.346 e. The minimum Gasteiger partial charge on any atom is -0.478 e. The molecule has 7 heteroatoms. The largest absolute Gasteiger partial charge is 0.478 e. The summed E-state index contributed by atoms with van der Waals surface area (Å²) in [6.45, 7) is 5.25. The lowest BCUT2D eigenvalue weighted by Crippen LogP contribution is -2.18. The molecule has 1 aromatic rings. The van der Waals surface area contributed by atoms with E-state index in [1.54, 1.807) is 0 Å².